The Hall–Kier alpha value is 0.0969. The fourth-order valence-electron chi connectivity index (χ4n) is 5.49. The molecule has 1 aliphatic heterocycles. The number of hydrogen-bond acceptors (Lipinski definition) is 3. The lowest BCUT2D eigenvalue weighted by molar-refractivity contribution is 0.0969. The first-order valence-electron chi connectivity index (χ1n) is 8.44. The molecule has 3 rings (SSSR count). The van der Waals surface area contributed by atoms with Gasteiger partial charge in [0.15, 0.2) is 0 Å². The van der Waals surface area contributed by atoms with Gasteiger partial charge in [0.25, 0.3) is 0 Å². The van der Waals surface area contributed by atoms with Gasteiger partial charge in [0.05, 0.1) is 0 Å². The van der Waals surface area contributed by atoms with Gasteiger partial charge >= 0.3 is 8.72 Å². The maximum absolute atomic E-state index is 6.20. The molecule has 3 fully saturated rings. The van der Waals surface area contributed by atoms with Gasteiger partial charge in [0.2, 0.25) is 0 Å². The maximum atomic E-state index is 6.20. The minimum Gasteiger partial charge on any atom is -0.386 e. The first-order chi connectivity index (χ1) is 9.59. The van der Waals surface area contributed by atoms with Crippen LogP contribution >= 0.6 is 0 Å². The van der Waals surface area contributed by atoms with Gasteiger partial charge < -0.3 is 8.85 Å². The van der Waals surface area contributed by atoms with E-state index in [9.17, 15) is 0 Å². The molecule has 0 amide bonds. The Balaban J connectivity index is 1.83. The van der Waals surface area contributed by atoms with Gasteiger partial charge in [0.1, 0.15) is 0 Å². The standard InChI is InChI=1S/C16H31NO2Si/c1-12-7-13(2)11-17(10-12)20(18-3,19-4)16-9-14-5-6-15(16)8-14/h12-16H,5-11H2,1-4H3. The Morgan fingerprint density at radius 1 is 0.900 bits per heavy atom. The zero-order valence-electron chi connectivity index (χ0n) is 13.6. The fraction of sp³-hybridized carbons (Fsp3) is 1.00. The van der Waals surface area contributed by atoms with Crippen LogP contribution in [0.15, 0.2) is 0 Å². The van der Waals surface area contributed by atoms with Crippen LogP contribution in [0.1, 0.15) is 46.0 Å². The molecule has 2 saturated carbocycles. The zero-order chi connectivity index (χ0) is 14.3. The summed E-state index contributed by atoms with van der Waals surface area (Å²) in [7, 11) is 1.60. The van der Waals surface area contributed by atoms with Crippen LogP contribution in [0.3, 0.4) is 0 Å². The van der Waals surface area contributed by atoms with E-state index in [1.807, 2.05) is 14.2 Å². The minimum atomic E-state index is -2.21. The molecule has 20 heavy (non-hydrogen) atoms. The van der Waals surface area contributed by atoms with E-state index < -0.39 is 8.72 Å². The van der Waals surface area contributed by atoms with E-state index in [0.717, 1.165) is 23.7 Å². The van der Waals surface area contributed by atoms with E-state index in [2.05, 4.69) is 18.4 Å². The summed E-state index contributed by atoms with van der Waals surface area (Å²) >= 11 is 0. The van der Waals surface area contributed by atoms with Crippen LogP contribution in [0.5, 0.6) is 0 Å². The van der Waals surface area contributed by atoms with E-state index in [1.165, 1.54) is 45.2 Å². The summed E-state index contributed by atoms with van der Waals surface area (Å²) in [6, 6.07) is 0. The SMILES string of the molecule is CO[Si](OC)(C1CC2CCC1C2)N1CC(C)CC(C)C1. The second-order valence-electron chi connectivity index (χ2n) is 7.67. The highest BCUT2D eigenvalue weighted by molar-refractivity contribution is 6.66. The van der Waals surface area contributed by atoms with Crippen molar-refractivity contribution in [2.24, 2.45) is 23.7 Å². The predicted molar refractivity (Wildman–Crippen MR) is 83.5 cm³/mol. The molecule has 0 N–H and O–H groups in total. The maximum Gasteiger partial charge on any atom is 0.430 e. The molecule has 2 aliphatic carbocycles. The lowest BCUT2D eigenvalue weighted by Crippen LogP contribution is -2.64. The van der Waals surface area contributed by atoms with Gasteiger partial charge in [-0.3, -0.25) is 4.57 Å². The molecule has 2 bridgehead atoms. The van der Waals surface area contributed by atoms with E-state index in [1.54, 1.807) is 0 Å². The predicted octanol–water partition coefficient (Wildman–Crippen LogP) is 3.39. The van der Waals surface area contributed by atoms with Crippen molar-refractivity contribution in [1.82, 2.24) is 4.57 Å². The van der Waals surface area contributed by atoms with E-state index in [-0.39, 0.29) is 0 Å². The summed E-state index contributed by atoms with van der Waals surface area (Å²) in [6.45, 7) is 7.11. The van der Waals surface area contributed by atoms with Crippen LogP contribution in [-0.2, 0) is 8.85 Å². The van der Waals surface area contributed by atoms with Crippen molar-refractivity contribution >= 4 is 8.72 Å². The van der Waals surface area contributed by atoms with Crippen molar-refractivity contribution in [3.63, 3.8) is 0 Å². The third-order valence-corrected chi connectivity index (χ3v) is 10.2. The second kappa shape index (κ2) is 5.71. The Labute approximate surface area is 125 Å². The van der Waals surface area contributed by atoms with Gasteiger partial charge in [-0.05, 0) is 62.4 Å². The van der Waals surface area contributed by atoms with Crippen molar-refractivity contribution in [1.29, 1.82) is 0 Å². The molecule has 0 aromatic rings. The molecule has 1 heterocycles. The van der Waals surface area contributed by atoms with Crippen molar-refractivity contribution in [2.75, 3.05) is 27.3 Å². The first kappa shape index (κ1) is 15.0. The topological polar surface area (TPSA) is 21.7 Å². The van der Waals surface area contributed by atoms with Crippen molar-refractivity contribution < 1.29 is 8.85 Å². The van der Waals surface area contributed by atoms with Crippen molar-refractivity contribution in [3.8, 4) is 0 Å². The highest BCUT2D eigenvalue weighted by atomic mass is 28.4. The normalized spacial score (nSPS) is 42.3. The molecule has 1 saturated heterocycles. The summed E-state index contributed by atoms with van der Waals surface area (Å²) in [5.74, 6) is 3.38. The van der Waals surface area contributed by atoms with Gasteiger partial charge in [-0.25, -0.2) is 0 Å². The number of nitrogens with zero attached hydrogens (tertiary/aromatic N) is 1. The minimum absolute atomic E-state index is 0.703. The molecule has 4 heteroatoms. The van der Waals surface area contributed by atoms with E-state index >= 15 is 0 Å². The average molecular weight is 298 g/mol. The van der Waals surface area contributed by atoms with E-state index in [4.69, 9.17) is 8.85 Å². The highest BCUT2D eigenvalue weighted by Crippen LogP contribution is 2.56. The summed E-state index contributed by atoms with van der Waals surface area (Å²) in [6.07, 6.45) is 7.01. The number of fused-ring (bicyclic) bond motifs is 2. The molecular weight excluding hydrogens is 266 g/mol. The molecular formula is C16H31NO2Si. The summed E-state index contributed by atoms with van der Waals surface area (Å²) < 4.78 is 15.1. The van der Waals surface area contributed by atoms with Crippen LogP contribution in [0.25, 0.3) is 0 Å². The lowest BCUT2D eigenvalue weighted by atomic mass is 9.93. The van der Waals surface area contributed by atoms with Crippen molar-refractivity contribution in [2.45, 2.75) is 51.5 Å². The summed E-state index contributed by atoms with van der Waals surface area (Å²) in [4.78, 5) is 0. The number of piperidine rings is 1. The monoisotopic (exact) mass is 297 g/mol. The Morgan fingerprint density at radius 2 is 1.55 bits per heavy atom. The summed E-state index contributed by atoms with van der Waals surface area (Å²) in [5, 5.41) is 0. The largest absolute Gasteiger partial charge is 0.430 e. The Bertz CT molecular complexity index is 337. The Kier molecular flexibility index (Phi) is 4.29. The van der Waals surface area contributed by atoms with Crippen LogP contribution < -0.4 is 0 Å². The molecule has 5 atom stereocenters. The Morgan fingerprint density at radius 3 is 2.00 bits per heavy atom. The van der Waals surface area contributed by atoms with Crippen LogP contribution in [0, 0.1) is 23.7 Å². The highest BCUT2D eigenvalue weighted by Gasteiger charge is 2.59. The van der Waals surface area contributed by atoms with Crippen LogP contribution in [-0.4, -0.2) is 40.6 Å². The summed E-state index contributed by atoms with van der Waals surface area (Å²) in [5.41, 5.74) is 0.703. The van der Waals surface area contributed by atoms with Gasteiger partial charge in [-0.1, -0.05) is 20.3 Å². The third-order valence-electron chi connectivity index (χ3n) is 6.10. The average Bonchev–Trinajstić information content (AvgIpc) is 3.03. The molecule has 0 aromatic carbocycles. The van der Waals surface area contributed by atoms with Gasteiger partial charge in [-0.2, -0.15) is 0 Å². The lowest BCUT2D eigenvalue weighted by Gasteiger charge is -2.48. The second-order valence-corrected chi connectivity index (χ2v) is 11.1. The van der Waals surface area contributed by atoms with Gasteiger partial charge in [0, 0.05) is 19.8 Å². The molecule has 0 spiro atoms. The van der Waals surface area contributed by atoms with Crippen LogP contribution in [0.2, 0.25) is 5.54 Å². The van der Waals surface area contributed by atoms with E-state index in [0.29, 0.717) is 5.54 Å². The number of hydrogen-bond donors (Lipinski definition) is 0. The first-order valence-corrected chi connectivity index (χ1v) is 10.3. The van der Waals surface area contributed by atoms with Gasteiger partial charge in [-0.15, -0.1) is 0 Å². The molecule has 0 radical (unpaired) electrons. The zero-order valence-corrected chi connectivity index (χ0v) is 14.6. The molecule has 116 valence electrons. The quantitative estimate of drug-likeness (QED) is 0.743. The third kappa shape index (κ3) is 2.38. The fourth-order valence-corrected chi connectivity index (χ4v) is 9.91. The smallest absolute Gasteiger partial charge is 0.386 e. The molecule has 0 aromatic heterocycles. The molecule has 5 unspecified atom stereocenters. The molecule has 3 nitrogen and oxygen atoms in total. The number of rotatable bonds is 4. The molecule has 3 aliphatic rings. The van der Waals surface area contributed by atoms with Crippen molar-refractivity contribution in [3.05, 3.63) is 0 Å². The van der Waals surface area contributed by atoms with Crippen LogP contribution in [0.4, 0.5) is 0 Å².